The van der Waals surface area contributed by atoms with Gasteiger partial charge in [-0.1, -0.05) is 13.8 Å². The lowest BCUT2D eigenvalue weighted by Crippen LogP contribution is -2.50. The molecule has 1 unspecified atom stereocenters. The monoisotopic (exact) mass is 284 g/mol. The summed E-state index contributed by atoms with van der Waals surface area (Å²) in [7, 11) is 0. The van der Waals surface area contributed by atoms with E-state index in [4.69, 9.17) is 5.73 Å². The Balaban J connectivity index is 2.25. The van der Waals surface area contributed by atoms with Gasteiger partial charge in [0.2, 0.25) is 17.7 Å². The summed E-state index contributed by atoms with van der Waals surface area (Å²) in [6.45, 7) is 5.08. The van der Waals surface area contributed by atoms with Gasteiger partial charge < -0.3 is 21.7 Å². The molecule has 0 aromatic rings. The van der Waals surface area contributed by atoms with Crippen molar-refractivity contribution in [1.82, 2.24) is 16.0 Å². The molecule has 114 valence electrons. The molecule has 7 heteroatoms. The van der Waals surface area contributed by atoms with Crippen LogP contribution in [0.3, 0.4) is 0 Å². The predicted molar refractivity (Wildman–Crippen MR) is 74.6 cm³/mol. The van der Waals surface area contributed by atoms with Crippen molar-refractivity contribution in [2.45, 2.75) is 51.7 Å². The number of carbonyl (C=O) groups is 3. The van der Waals surface area contributed by atoms with Crippen molar-refractivity contribution in [3.8, 4) is 0 Å². The van der Waals surface area contributed by atoms with Gasteiger partial charge >= 0.3 is 0 Å². The van der Waals surface area contributed by atoms with E-state index in [1.807, 2.05) is 13.8 Å². The van der Waals surface area contributed by atoms with E-state index in [0.717, 1.165) is 12.8 Å². The second-order valence-corrected chi connectivity index (χ2v) is 5.56. The van der Waals surface area contributed by atoms with E-state index < -0.39 is 18.0 Å². The van der Waals surface area contributed by atoms with Crippen molar-refractivity contribution in [1.29, 1.82) is 0 Å². The topological polar surface area (TPSA) is 113 Å². The zero-order valence-electron chi connectivity index (χ0n) is 12.2. The van der Waals surface area contributed by atoms with Gasteiger partial charge in [-0.3, -0.25) is 14.4 Å². The Bertz CT molecular complexity index is 380. The SMILES string of the molecule is CC(NC(=O)CNC(=O)[C@@H](N)C(C)C)C(=O)NC1CC1. The largest absolute Gasteiger partial charge is 0.352 e. The first-order valence-electron chi connectivity index (χ1n) is 6.94. The number of nitrogens with one attached hydrogen (secondary N) is 3. The van der Waals surface area contributed by atoms with Crippen molar-refractivity contribution >= 4 is 17.7 Å². The molecule has 0 radical (unpaired) electrons. The molecule has 0 aliphatic heterocycles. The van der Waals surface area contributed by atoms with Gasteiger partial charge in [-0.2, -0.15) is 0 Å². The molecule has 1 saturated carbocycles. The molecule has 0 heterocycles. The van der Waals surface area contributed by atoms with Gasteiger partial charge in [-0.05, 0) is 25.7 Å². The fourth-order valence-electron chi connectivity index (χ4n) is 1.50. The van der Waals surface area contributed by atoms with E-state index >= 15 is 0 Å². The van der Waals surface area contributed by atoms with Gasteiger partial charge in [-0.25, -0.2) is 0 Å². The maximum absolute atomic E-state index is 11.6. The van der Waals surface area contributed by atoms with Crippen LogP contribution in [0.1, 0.15) is 33.6 Å². The second-order valence-electron chi connectivity index (χ2n) is 5.56. The van der Waals surface area contributed by atoms with Crippen LogP contribution < -0.4 is 21.7 Å². The van der Waals surface area contributed by atoms with E-state index in [-0.39, 0.29) is 30.3 Å². The van der Waals surface area contributed by atoms with Gasteiger partial charge in [0.25, 0.3) is 0 Å². The van der Waals surface area contributed by atoms with E-state index in [1.54, 1.807) is 6.92 Å². The summed E-state index contributed by atoms with van der Waals surface area (Å²) in [5.74, 6) is -0.981. The summed E-state index contributed by atoms with van der Waals surface area (Å²) in [5.41, 5.74) is 5.65. The zero-order chi connectivity index (χ0) is 15.3. The highest BCUT2D eigenvalue weighted by Crippen LogP contribution is 2.18. The molecule has 3 amide bonds. The van der Waals surface area contributed by atoms with Gasteiger partial charge in [-0.15, -0.1) is 0 Å². The molecule has 0 spiro atoms. The van der Waals surface area contributed by atoms with E-state index in [2.05, 4.69) is 16.0 Å². The first kappa shape index (κ1) is 16.4. The molecule has 1 fully saturated rings. The number of hydrogen-bond acceptors (Lipinski definition) is 4. The first-order chi connectivity index (χ1) is 9.31. The number of carbonyl (C=O) groups excluding carboxylic acids is 3. The van der Waals surface area contributed by atoms with Crippen LogP contribution >= 0.6 is 0 Å². The van der Waals surface area contributed by atoms with Crippen molar-refractivity contribution < 1.29 is 14.4 Å². The number of hydrogen-bond donors (Lipinski definition) is 4. The minimum absolute atomic E-state index is 0.00121. The molecular formula is C13H24N4O3. The van der Waals surface area contributed by atoms with Crippen LogP contribution in [0, 0.1) is 5.92 Å². The van der Waals surface area contributed by atoms with Crippen LogP contribution in [-0.4, -0.2) is 42.4 Å². The molecular weight excluding hydrogens is 260 g/mol. The summed E-state index contributed by atoms with van der Waals surface area (Å²) in [6, 6.07) is -0.997. The molecule has 1 aliphatic carbocycles. The lowest BCUT2D eigenvalue weighted by molar-refractivity contribution is -0.130. The van der Waals surface area contributed by atoms with E-state index in [0.29, 0.717) is 0 Å². The number of rotatable bonds is 7. The summed E-state index contributed by atoms with van der Waals surface area (Å²) in [4.78, 5) is 34.8. The summed E-state index contributed by atoms with van der Waals surface area (Å²) >= 11 is 0. The van der Waals surface area contributed by atoms with Crippen molar-refractivity contribution in [3.05, 3.63) is 0 Å². The molecule has 7 nitrogen and oxygen atoms in total. The van der Waals surface area contributed by atoms with Crippen LogP contribution in [0.25, 0.3) is 0 Å². The number of amides is 3. The molecule has 0 aromatic carbocycles. The Labute approximate surface area is 119 Å². The Morgan fingerprint density at radius 1 is 1.15 bits per heavy atom. The van der Waals surface area contributed by atoms with Crippen LogP contribution in [0.2, 0.25) is 0 Å². The Kier molecular flexibility index (Phi) is 5.94. The molecule has 2 atom stereocenters. The highest BCUT2D eigenvalue weighted by Gasteiger charge is 2.26. The summed E-state index contributed by atoms with van der Waals surface area (Å²) in [5, 5.41) is 7.78. The van der Waals surface area contributed by atoms with Crippen LogP contribution in [-0.2, 0) is 14.4 Å². The minimum atomic E-state index is -0.640. The fourth-order valence-corrected chi connectivity index (χ4v) is 1.50. The molecule has 1 aliphatic rings. The third-order valence-electron chi connectivity index (χ3n) is 3.14. The lowest BCUT2D eigenvalue weighted by Gasteiger charge is -2.17. The standard InChI is InChI=1S/C13H24N4O3/c1-7(2)11(14)13(20)15-6-10(18)16-8(3)12(19)17-9-4-5-9/h7-9,11H,4-6,14H2,1-3H3,(H,15,20)(H,16,18)(H,17,19)/t8?,11-/m0/s1. The third-order valence-corrected chi connectivity index (χ3v) is 3.14. The summed E-state index contributed by atoms with van der Waals surface area (Å²) < 4.78 is 0. The zero-order valence-corrected chi connectivity index (χ0v) is 12.2. The first-order valence-corrected chi connectivity index (χ1v) is 6.94. The lowest BCUT2D eigenvalue weighted by atomic mass is 10.1. The molecule has 0 bridgehead atoms. The van der Waals surface area contributed by atoms with Crippen molar-refractivity contribution in [3.63, 3.8) is 0 Å². The Hall–Kier alpha value is -1.63. The van der Waals surface area contributed by atoms with Gasteiger partial charge in [0, 0.05) is 6.04 Å². The van der Waals surface area contributed by atoms with Gasteiger partial charge in [0.1, 0.15) is 6.04 Å². The predicted octanol–water partition coefficient (Wildman–Crippen LogP) is -1.13. The quantitative estimate of drug-likeness (QED) is 0.473. The van der Waals surface area contributed by atoms with E-state index in [9.17, 15) is 14.4 Å². The second kappa shape index (κ2) is 7.23. The average molecular weight is 284 g/mol. The molecule has 5 N–H and O–H groups in total. The fraction of sp³-hybridized carbons (Fsp3) is 0.769. The maximum Gasteiger partial charge on any atom is 0.242 e. The summed E-state index contributed by atoms with van der Waals surface area (Å²) in [6.07, 6.45) is 1.99. The highest BCUT2D eigenvalue weighted by molar-refractivity contribution is 5.91. The maximum atomic E-state index is 11.6. The minimum Gasteiger partial charge on any atom is -0.352 e. The molecule has 1 rings (SSSR count). The number of nitrogens with two attached hydrogens (primary N) is 1. The molecule has 0 aromatic heterocycles. The molecule has 20 heavy (non-hydrogen) atoms. The Morgan fingerprint density at radius 2 is 1.75 bits per heavy atom. The Morgan fingerprint density at radius 3 is 2.25 bits per heavy atom. The average Bonchev–Trinajstić information content (AvgIpc) is 3.18. The molecule has 0 saturated heterocycles. The van der Waals surface area contributed by atoms with Crippen LogP contribution in [0.4, 0.5) is 0 Å². The van der Waals surface area contributed by atoms with Crippen molar-refractivity contribution in [2.24, 2.45) is 11.7 Å². The van der Waals surface area contributed by atoms with Gasteiger partial charge in [0.15, 0.2) is 0 Å². The third kappa shape index (κ3) is 5.56. The normalized spacial score (nSPS) is 17.2. The van der Waals surface area contributed by atoms with Crippen LogP contribution in [0.15, 0.2) is 0 Å². The van der Waals surface area contributed by atoms with E-state index in [1.165, 1.54) is 0 Å². The highest BCUT2D eigenvalue weighted by atomic mass is 16.2. The van der Waals surface area contributed by atoms with Crippen LogP contribution in [0.5, 0.6) is 0 Å². The van der Waals surface area contributed by atoms with Gasteiger partial charge in [0.05, 0.1) is 12.6 Å². The smallest absolute Gasteiger partial charge is 0.242 e. The van der Waals surface area contributed by atoms with Crippen molar-refractivity contribution in [2.75, 3.05) is 6.54 Å².